The molecule has 0 bridgehead atoms. The van der Waals surface area contributed by atoms with Gasteiger partial charge in [-0.3, -0.25) is 4.79 Å². The molecule has 0 saturated heterocycles. The van der Waals surface area contributed by atoms with Crippen LogP contribution in [-0.4, -0.2) is 40.9 Å². The number of hydrogen-bond acceptors (Lipinski definition) is 6. The van der Waals surface area contributed by atoms with E-state index in [1.165, 1.54) is 12.3 Å². The smallest absolute Gasteiger partial charge is 0.340 e. The van der Waals surface area contributed by atoms with Gasteiger partial charge in [0.2, 0.25) is 5.78 Å². The van der Waals surface area contributed by atoms with Crippen molar-refractivity contribution < 1.29 is 23.9 Å². The normalized spacial score (nSPS) is 10.5. The van der Waals surface area contributed by atoms with Crippen LogP contribution in [0.25, 0.3) is 0 Å². The van der Waals surface area contributed by atoms with Crippen LogP contribution in [0.2, 0.25) is 10.2 Å². The first-order valence-corrected chi connectivity index (χ1v) is 8.39. The number of carbonyl (C=O) groups is 3. The van der Waals surface area contributed by atoms with Gasteiger partial charge >= 0.3 is 11.9 Å². The summed E-state index contributed by atoms with van der Waals surface area (Å²) in [4.78, 5) is 42.9. The van der Waals surface area contributed by atoms with E-state index in [4.69, 9.17) is 32.7 Å². The van der Waals surface area contributed by atoms with E-state index >= 15 is 0 Å². The predicted octanol–water partition coefficient (Wildman–Crippen LogP) is 3.55. The fourth-order valence-electron chi connectivity index (χ4n) is 2.36. The maximum absolute atomic E-state index is 12.3. The second kappa shape index (κ2) is 8.33. The van der Waals surface area contributed by atoms with Gasteiger partial charge in [-0.1, -0.05) is 23.2 Å². The van der Waals surface area contributed by atoms with E-state index in [0.29, 0.717) is 16.8 Å². The molecule has 0 unspecified atom stereocenters. The van der Waals surface area contributed by atoms with Gasteiger partial charge in [-0.15, -0.1) is 0 Å². The Labute approximate surface area is 159 Å². The third-order valence-corrected chi connectivity index (χ3v) is 4.25. The Morgan fingerprint density at radius 2 is 1.85 bits per heavy atom. The number of H-pyrrole nitrogens is 1. The van der Waals surface area contributed by atoms with E-state index < -0.39 is 24.3 Å². The number of aryl methyl sites for hydroxylation is 1. The summed E-state index contributed by atoms with van der Waals surface area (Å²) in [6, 6.07) is 1.30. The van der Waals surface area contributed by atoms with Gasteiger partial charge in [-0.25, -0.2) is 14.6 Å². The van der Waals surface area contributed by atoms with Crippen LogP contribution in [-0.2, 0) is 9.47 Å². The molecule has 1 N–H and O–H groups in total. The van der Waals surface area contributed by atoms with Crippen LogP contribution in [0.15, 0.2) is 12.3 Å². The fraction of sp³-hybridized carbons (Fsp3) is 0.294. The van der Waals surface area contributed by atoms with Gasteiger partial charge in [0.05, 0.1) is 28.5 Å². The summed E-state index contributed by atoms with van der Waals surface area (Å²) < 4.78 is 9.96. The van der Waals surface area contributed by atoms with Crippen molar-refractivity contribution in [3.05, 3.63) is 50.5 Å². The number of hydrogen-bond donors (Lipinski definition) is 1. The molecule has 0 aliphatic heterocycles. The lowest BCUT2D eigenvalue weighted by molar-refractivity contribution is 0.0471. The van der Waals surface area contributed by atoms with Crippen LogP contribution in [0, 0.1) is 13.8 Å². The van der Waals surface area contributed by atoms with Gasteiger partial charge in [-0.2, -0.15) is 0 Å². The van der Waals surface area contributed by atoms with Gasteiger partial charge in [0, 0.05) is 11.9 Å². The highest BCUT2D eigenvalue weighted by molar-refractivity contribution is 6.41. The van der Waals surface area contributed by atoms with Crippen LogP contribution < -0.4 is 0 Å². The van der Waals surface area contributed by atoms with Crippen LogP contribution in [0.5, 0.6) is 0 Å². The molecule has 26 heavy (non-hydrogen) atoms. The van der Waals surface area contributed by atoms with Crippen LogP contribution in [0.4, 0.5) is 0 Å². The van der Waals surface area contributed by atoms with Crippen molar-refractivity contribution in [2.75, 3.05) is 13.2 Å². The molecule has 2 aromatic heterocycles. The molecule has 0 atom stereocenters. The zero-order chi connectivity index (χ0) is 19.4. The molecule has 0 saturated carbocycles. The largest absolute Gasteiger partial charge is 0.462 e. The number of pyridine rings is 1. The standard InChI is InChI=1S/C17H16Cl2N2O5/c1-4-25-17(24)13-8(2)14(21-9(13)3)12(22)7-26-16(23)10-5-11(18)15(19)20-6-10/h5-6,21H,4,7H2,1-3H3. The van der Waals surface area contributed by atoms with E-state index in [1.54, 1.807) is 20.8 Å². The maximum Gasteiger partial charge on any atom is 0.340 e. The van der Waals surface area contributed by atoms with Gasteiger partial charge in [0.25, 0.3) is 0 Å². The molecule has 138 valence electrons. The molecular weight excluding hydrogens is 383 g/mol. The Kier molecular flexibility index (Phi) is 6.39. The summed E-state index contributed by atoms with van der Waals surface area (Å²) in [7, 11) is 0. The monoisotopic (exact) mass is 398 g/mol. The van der Waals surface area contributed by atoms with E-state index in [-0.39, 0.29) is 28.0 Å². The minimum atomic E-state index is -0.768. The first-order valence-electron chi connectivity index (χ1n) is 7.63. The molecule has 2 heterocycles. The molecule has 0 amide bonds. The van der Waals surface area contributed by atoms with Crippen LogP contribution in [0.1, 0.15) is 49.4 Å². The van der Waals surface area contributed by atoms with E-state index in [9.17, 15) is 14.4 Å². The Balaban J connectivity index is 2.10. The molecule has 2 rings (SSSR count). The predicted molar refractivity (Wildman–Crippen MR) is 95.1 cm³/mol. The Hall–Kier alpha value is -2.38. The Morgan fingerprint density at radius 1 is 1.15 bits per heavy atom. The summed E-state index contributed by atoms with van der Waals surface area (Å²) in [6.45, 7) is 4.68. The van der Waals surface area contributed by atoms with Gasteiger partial charge in [0.1, 0.15) is 5.15 Å². The molecule has 2 aromatic rings. The number of ether oxygens (including phenoxy) is 2. The quantitative estimate of drug-likeness (QED) is 0.453. The van der Waals surface area contributed by atoms with Crippen molar-refractivity contribution in [3.63, 3.8) is 0 Å². The molecule has 7 nitrogen and oxygen atoms in total. The number of nitrogens with zero attached hydrogens (tertiary/aromatic N) is 1. The maximum atomic E-state index is 12.3. The third kappa shape index (κ3) is 4.23. The van der Waals surface area contributed by atoms with Crippen molar-refractivity contribution in [1.82, 2.24) is 9.97 Å². The third-order valence-electron chi connectivity index (χ3n) is 3.56. The molecule has 0 aliphatic carbocycles. The molecule has 0 radical (unpaired) electrons. The second-order valence-electron chi connectivity index (χ2n) is 5.34. The average Bonchev–Trinajstić information content (AvgIpc) is 2.89. The van der Waals surface area contributed by atoms with Crippen molar-refractivity contribution >= 4 is 40.9 Å². The molecule has 9 heteroatoms. The first-order chi connectivity index (χ1) is 12.3. The molecule has 0 aromatic carbocycles. The highest BCUT2D eigenvalue weighted by Gasteiger charge is 2.23. The number of ketones is 1. The number of aromatic nitrogens is 2. The van der Waals surface area contributed by atoms with Crippen molar-refractivity contribution in [1.29, 1.82) is 0 Å². The number of Topliss-reactive ketones (excluding diaryl/α,β-unsaturated/α-hetero) is 1. The lowest BCUT2D eigenvalue weighted by Gasteiger charge is -2.05. The lowest BCUT2D eigenvalue weighted by atomic mass is 10.1. The number of rotatable bonds is 6. The summed E-state index contributed by atoms with van der Waals surface area (Å²) in [5, 5.41) is 0.158. The highest BCUT2D eigenvalue weighted by atomic mass is 35.5. The topological polar surface area (TPSA) is 98.4 Å². The van der Waals surface area contributed by atoms with Gasteiger partial charge in [-0.05, 0) is 32.4 Å². The van der Waals surface area contributed by atoms with Gasteiger partial charge < -0.3 is 14.5 Å². The average molecular weight is 399 g/mol. The number of esters is 2. The minimum Gasteiger partial charge on any atom is -0.462 e. The highest BCUT2D eigenvalue weighted by Crippen LogP contribution is 2.21. The molecule has 0 aliphatic rings. The van der Waals surface area contributed by atoms with E-state index in [1.807, 2.05) is 0 Å². The number of halogens is 2. The molecular formula is C17H16Cl2N2O5. The SMILES string of the molecule is CCOC(=O)c1c(C)[nH]c(C(=O)COC(=O)c2cnc(Cl)c(Cl)c2)c1C. The Bertz CT molecular complexity index is 876. The summed E-state index contributed by atoms with van der Waals surface area (Å²) >= 11 is 11.5. The summed E-state index contributed by atoms with van der Waals surface area (Å²) in [5.41, 5.74) is 1.50. The van der Waals surface area contributed by atoms with Crippen molar-refractivity contribution in [3.8, 4) is 0 Å². The lowest BCUT2D eigenvalue weighted by Crippen LogP contribution is -2.16. The van der Waals surface area contributed by atoms with Crippen LogP contribution in [0.3, 0.4) is 0 Å². The molecule has 0 spiro atoms. The second-order valence-corrected chi connectivity index (χ2v) is 6.11. The summed E-state index contributed by atoms with van der Waals surface area (Å²) in [5.74, 6) is -1.77. The summed E-state index contributed by atoms with van der Waals surface area (Å²) in [6.07, 6.45) is 1.20. The van der Waals surface area contributed by atoms with Crippen molar-refractivity contribution in [2.24, 2.45) is 0 Å². The number of aromatic amines is 1. The number of carbonyl (C=O) groups excluding carboxylic acids is 3. The van der Waals surface area contributed by atoms with E-state index in [0.717, 1.165) is 0 Å². The van der Waals surface area contributed by atoms with E-state index in [2.05, 4.69) is 9.97 Å². The van der Waals surface area contributed by atoms with Crippen molar-refractivity contribution in [2.45, 2.75) is 20.8 Å². The molecule has 0 fully saturated rings. The first kappa shape index (κ1) is 19.9. The Morgan fingerprint density at radius 3 is 2.46 bits per heavy atom. The zero-order valence-electron chi connectivity index (χ0n) is 14.3. The fourth-order valence-corrected chi connectivity index (χ4v) is 2.63. The minimum absolute atomic E-state index is 0.0586. The zero-order valence-corrected chi connectivity index (χ0v) is 15.8. The number of nitrogens with one attached hydrogen (secondary N) is 1. The van der Waals surface area contributed by atoms with Gasteiger partial charge in [0.15, 0.2) is 6.61 Å². The van der Waals surface area contributed by atoms with Crippen LogP contribution >= 0.6 is 23.2 Å².